The highest BCUT2D eigenvalue weighted by Gasteiger charge is 2.76. The van der Waals surface area contributed by atoms with Crippen molar-refractivity contribution in [1.29, 1.82) is 0 Å². The number of hydrazine groups is 1. The fourth-order valence-electron chi connectivity index (χ4n) is 3.76. The average molecular weight is 317 g/mol. The number of amides is 1. The summed E-state index contributed by atoms with van der Waals surface area (Å²) in [4.78, 5) is 24.7. The van der Waals surface area contributed by atoms with Crippen LogP contribution >= 0.6 is 15.9 Å². The molecule has 2 saturated carbocycles. The Balaban J connectivity index is 2.49. The molecule has 0 heterocycles. The Labute approximate surface area is 117 Å². The van der Waals surface area contributed by atoms with Gasteiger partial charge in [-0.1, -0.05) is 36.7 Å². The highest BCUT2D eigenvalue weighted by atomic mass is 79.9. The van der Waals surface area contributed by atoms with Crippen molar-refractivity contribution in [3.05, 3.63) is 0 Å². The minimum Gasteiger partial charge on any atom is -0.298 e. The van der Waals surface area contributed by atoms with Crippen molar-refractivity contribution in [3.63, 3.8) is 0 Å². The van der Waals surface area contributed by atoms with Crippen molar-refractivity contribution in [1.82, 2.24) is 10.4 Å². The largest absolute Gasteiger partial charge is 0.298 e. The zero-order valence-corrected chi connectivity index (χ0v) is 13.2. The molecule has 4 nitrogen and oxygen atoms in total. The first-order valence-electron chi connectivity index (χ1n) is 6.28. The third kappa shape index (κ3) is 1.29. The number of fused-ring (bicyclic) bond motifs is 2. The molecule has 2 rings (SSSR count). The van der Waals surface area contributed by atoms with E-state index in [1.807, 2.05) is 6.92 Å². The number of nitrogens with one attached hydrogen (secondary N) is 1. The SMILES string of the molecule is CN(C)NC(=O)[C@@]12CC[C@](C)(C(=O)[C@H]1Br)C2(C)C. The summed E-state index contributed by atoms with van der Waals surface area (Å²) in [6.45, 7) is 6.10. The van der Waals surface area contributed by atoms with E-state index in [4.69, 9.17) is 0 Å². The smallest absolute Gasteiger partial charge is 0.242 e. The average Bonchev–Trinajstić information content (AvgIpc) is 2.51. The zero-order chi connectivity index (χ0) is 13.9. The lowest BCUT2D eigenvalue weighted by atomic mass is 9.64. The zero-order valence-electron chi connectivity index (χ0n) is 11.6. The third-order valence-corrected chi connectivity index (χ3v) is 6.65. The van der Waals surface area contributed by atoms with Crippen LogP contribution in [0.5, 0.6) is 0 Å². The number of carbonyl (C=O) groups is 2. The number of nitrogens with zero attached hydrogens (tertiary/aromatic N) is 1. The fraction of sp³-hybridized carbons (Fsp3) is 0.846. The van der Waals surface area contributed by atoms with Gasteiger partial charge in [0.25, 0.3) is 0 Å². The summed E-state index contributed by atoms with van der Waals surface area (Å²) < 4.78 is 0. The minimum atomic E-state index is -0.636. The fourth-order valence-corrected chi connectivity index (χ4v) is 5.27. The maximum absolute atomic E-state index is 12.6. The van der Waals surface area contributed by atoms with Crippen molar-refractivity contribution in [2.45, 2.75) is 38.4 Å². The molecule has 2 bridgehead atoms. The predicted molar refractivity (Wildman–Crippen MR) is 73.1 cm³/mol. The van der Waals surface area contributed by atoms with E-state index in [0.29, 0.717) is 0 Å². The van der Waals surface area contributed by atoms with Gasteiger partial charge in [0.05, 0.1) is 10.2 Å². The molecule has 2 fully saturated rings. The Bertz CT molecular complexity index is 421. The van der Waals surface area contributed by atoms with Crippen LogP contribution in [-0.2, 0) is 9.59 Å². The summed E-state index contributed by atoms with van der Waals surface area (Å²) in [6, 6.07) is 0. The number of Topliss-reactive ketones (excluding diaryl/α,β-unsaturated/α-hetero) is 1. The topological polar surface area (TPSA) is 49.4 Å². The van der Waals surface area contributed by atoms with Gasteiger partial charge in [-0.15, -0.1) is 0 Å². The second kappa shape index (κ2) is 3.79. The Kier molecular flexibility index (Phi) is 2.95. The highest BCUT2D eigenvalue weighted by molar-refractivity contribution is 9.10. The standard InChI is InChI=1S/C13H21BrN2O2/c1-11(2)12(3)6-7-13(11,8(14)9(12)17)10(18)15-16(4)5/h8H,6-7H2,1-5H3,(H,15,18)/t8-,12-,13-/m1/s1. The van der Waals surface area contributed by atoms with Gasteiger partial charge >= 0.3 is 0 Å². The maximum atomic E-state index is 12.6. The molecule has 0 spiro atoms. The van der Waals surface area contributed by atoms with E-state index in [9.17, 15) is 9.59 Å². The van der Waals surface area contributed by atoms with E-state index in [2.05, 4.69) is 35.2 Å². The molecule has 0 aromatic carbocycles. The van der Waals surface area contributed by atoms with Crippen LogP contribution in [0.25, 0.3) is 0 Å². The van der Waals surface area contributed by atoms with E-state index in [-0.39, 0.29) is 21.9 Å². The molecule has 0 radical (unpaired) electrons. The van der Waals surface area contributed by atoms with Crippen molar-refractivity contribution < 1.29 is 9.59 Å². The van der Waals surface area contributed by atoms with Crippen LogP contribution < -0.4 is 5.43 Å². The van der Waals surface area contributed by atoms with Gasteiger partial charge in [0.2, 0.25) is 5.91 Å². The second-order valence-corrected chi connectivity index (χ2v) is 7.41. The molecule has 0 aromatic rings. The third-order valence-electron chi connectivity index (χ3n) is 5.45. The lowest BCUT2D eigenvalue weighted by Crippen LogP contribution is -2.53. The van der Waals surface area contributed by atoms with Gasteiger partial charge in [-0.2, -0.15) is 0 Å². The maximum Gasteiger partial charge on any atom is 0.242 e. The number of alkyl halides is 1. The van der Waals surface area contributed by atoms with Crippen LogP contribution in [0.2, 0.25) is 0 Å². The number of carbonyl (C=O) groups excluding carboxylic acids is 2. The first-order chi connectivity index (χ1) is 8.11. The quantitative estimate of drug-likeness (QED) is 0.623. The van der Waals surface area contributed by atoms with E-state index in [1.54, 1.807) is 19.1 Å². The number of halogens is 1. The summed E-state index contributed by atoms with van der Waals surface area (Å²) in [5.41, 5.74) is 1.48. The van der Waals surface area contributed by atoms with Crippen LogP contribution in [0.15, 0.2) is 0 Å². The van der Waals surface area contributed by atoms with E-state index < -0.39 is 10.8 Å². The van der Waals surface area contributed by atoms with Gasteiger partial charge < -0.3 is 0 Å². The molecule has 0 aliphatic heterocycles. The Morgan fingerprint density at radius 3 is 2.28 bits per heavy atom. The molecule has 1 N–H and O–H groups in total. The molecule has 2 aliphatic carbocycles. The summed E-state index contributed by atoms with van der Waals surface area (Å²) in [5.74, 6) is 0.126. The molecular weight excluding hydrogens is 296 g/mol. The number of hydrogen-bond donors (Lipinski definition) is 1. The van der Waals surface area contributed by atoms with Crippen LogP contribution in [0, 0.1) is 16.2 Å². The van der Waals surface area contributed by atoms with Gasteiger partial charge in [-0.3, -0.25) is 15.0 Å². The minimum absolute atomic E-state index is 0.0473. The second-order valence-electron chi connectivity index (χ2n) is 6.49. The van der Waals surface area contributed by atoms with Gasteiger partial charge in [0.1, 0.15) is 0 Å². The Morgan fingerprint density at radius 1 is 1.33 bits per heavy atom. The van der Waals surface area contributed by atoms with Crippen LogP contribution in [-0.4, -0.2) is 35.6 Å². The summed E-state index contributed by atoms with van der Waals surface area (Å²) >= 11 is 3.49. The molecule has 18 heavy (non-hydrogen) atoms. The number of hydrogen-bond acceptors (Lipinski definition) is 3. The van der Waals surface area contributed by atoms with Gasteiger partial charge in [0, 0.05) is 19.5 Å². The Hall–Kier alpha value is -0.420. The summed E-state index contributed by atoms with van der Waals surface area (Å²) in [6.07, 6.45) is 1.56. The first-order valence-corrected chi connectivity index (χ1v) is 7.19. The lowest BCUT2D eigenvalue weighted by molar-refractivity contribution is -0.140. The summed E-state index contributed by atoms with van der Waals surface area (Å²) in [5, 5.41) is 1.64. The predicted octanol–water partition coefficient (Wildman–Crippen LogP) is 1.74. The van der Waals surface area contributed by atoms with Crippen molar-refractivity contribution in [3.8, 4) is 0 Å². The molecule has 2 aliphatic rings. The monoisotopic (exact) mass is 316 g/mol. The van der Waals surface area contributed by atoms with Crippen LogP contribution in [0.1, 0.15) is 33.6 Å². The van der Waals surface area contributed by atoms with Crippen molar-refractivity contribution in [2.24, 2.45) is 16.2 Å². The molecule has 0 unspecified atom stereocenters. The van der Waals surface area contributed by atoms with E-state index in [0.717, 1.165) is 12.8 Å². The molecule has 5 heteroatoms. The molecule has 0 saturated heterocycles. The van der Waals surface area contributed by atoms with Crippen LogP contribution in [0.3, 0.4) is 0 Å². The summed E-state index contributed by atoms with van der Waals surface area (Å²) in [7, 11) is 3.57. The normalized spacial score (nSPS) is 41.5. The first kappa shape index (κ1) is 14.0. The molecular formula is C13H21BrN2O2. The number of ketones is 1. The van der Waals surface area contributed by atoms with Gasteiger partial charge in [-0.05, 0) is 18.3 Å². The molecule has 3 atom stereocenters. The highest BCUT2D eigenvalue weighted by Crippen LogP contribution is 2.72. The molecule has 0 aromatic heterocycles. The van der Waals surface area contributed by atoms with Crippen LogP contribution in [0.4, 0.5) is 0 Å². The Morgan fingerprint density at radius 2 is 1.89 bits per heavy atom. The van der Waals surface area contributed by atoms with E-state index >= 15 is 0 Å². The number of rotatable bonds is 2. The van der Waals surface area contributed by atoms with E-state index in [1.165, 1.54) is 0 Å². The van der Waals surface area contributed by atoms with Crippen molar-refractivity contribution >= 4 is 27.6 Å². The molecule has 102 valence electrons. The molecule has 1 amide bonds. The van der Waals surface area contributed by atoms with Gasteiger partial charge in [-0.25, -0.2) is 5.01 Å². The lowest BCUT2D eigenvalue weighted by Gasteiger charge is -2.40. The van der Waals surface area contributed by atoms with Gasteiger partial charge in [0.15, 0.2) is 5.78 Å². The van der Waals surface area contributed by atoms with Crippen molar-refractivity contribution in [2.75, 3.05) is 14.1 Å².